The van der Waals surface area contributed by atoms with Gasteiger partial charge in [-0.25, -0.2) is 0 Å². The van der Waals surface area contributed by atoms with E-state index in [0.29, 0.717) is 5.92 Å². The standard InChI is InChI=1S/C8H16N2S.ClH/c1-7(2)8(11)10-5-3-9-4-6-10;/h7,9H,3-6H2,1-2H3;1H. The SMILES string of the molecule is CC(C)C(=S)N1CCNCC1.Cl. The second kappa shape index (κ2) is 5.73. The van der Waals surface area contributed by atoms with Crippen LogP contribution >= 0.6 is 24.6 Å². The molecule has 72 valence electrons. The van der Waals surface area contributed by atoms with Crippen molar-refractivity contribution in [1.82, 2.24) is 10.2 Å². The quantitative estimate of drug-likeness (QED) is 0.654. The van der Waals surface area contributed by atoms with Crippen LogP contribution in [-0.4, -0.2) is 36.1 Å². The average molecular weight is 209 g/mol. The van der Waals surface area contributed by atoms with Crippen LogP contribution in [0.5, 0.6) is 0 Å². The normalized spacial score (nSPS) is 17.4. The first-order valence-corrected chi connectivity index (χ1v) is 4.62. The number of nitrogens with one attached hydrogen (secondary N) is 1. The highest BCUT2D eigenvalue weighted by Crippen LogP contribution is 2.04. The molecule has 12 heavy (non-hydrogen) atoms. The van der Waals surface area contributed by atoms with Crippen molar-refractivity contribution in [3.05, 3.63) is 0 Å². The fourth-order valence-electron chi connectivity index (χ4n) is 1.25. The van der Waals surface area contributed by atoms with Gasteiger partial charge in [0.15, 0.2) is 0 Å². The van der Waals surface area contributed by atoms with Crippen LogP contribution in [0, 0.1) is 5.92 Å². The van der Waals surface area contributed by atoms with Gasteiger partial charge in [0.2, 0.25) is 0 Å². The van der Waals surface area contributed by atoms with Gasteiger partial charge in [-0.05, 0) is 0 Å². The van der Waals surface area contributed by atoms with Gasteiger partial charge in [0.1, 0.15) is 0 Å². The van der Waals surface area contributed by atoms with Crippen LogP contribution in [-0.2, 0) is 0 Å². The number of rotatable bonds is 1. The van der Waals surface area contributed by atoms with E-state index in [1.165, 1.54) is 0 Å². The molecule has 0 aromatic carbocycles. The van der Waals surface area contributed by atoms with E-state index >= 15 is 0 Å². The predicted molar refractivity (Wildman–Crippen MR) is 59.1 cm³/mol. The summed E-state index contributed by atoms with van der Waals surface area (Å²) in [5.74, 6) is 0.517. The fraction of sp³-hybridized carbons (Fsp3) is 0.875. The Bertz CT molecular complexity index is 144. The van der Waals surface area contributed by atoms with E-state index in [0.717, 1.165) is 31.2 Å². The van der Waals surface area contributed by atoms with E-state index in [1.54, 1.807) is 0 Å². The molecule has 0 unspecified atom stereocenters. The summed E-state index contributed by atoms with van der Waals surface area (Å²) in [5.41, 5.74) is 0. The summed E-state index contributed by atoms with van der Waals surface area (Å²) in [4.78, 5) is 3.42. The molecule has 1 N–H and O–H groups in total. The molecule has 4 heteroatoms. The number of piperazine rings is 1. The van der Waals surface area contributed by atoms with Crippen molar-refractivity contribution < 1.29 is 0 Å². The highest BCUT2D eigenvalue weighted by atomic mass is 35.5. The number of nitrogens with zero attached hydrogens (tertiary/aromatic N) is 1. The van der Waals surface area contributed by atoms with E-state index in [-0.39, 0.29) is 12.4 Å². The highest BCUT2D eigenvalue weighted by molar-refractivity contribution is 7.80. The minimum absolute atomic E-state index is 0. The Morgan fingerprint density at radius 3 is 2.25 bits per heavy atom. The Balaban J connectivity index is 0.00000121. The Kier molecular flexibility index (Phi) is 5.80. The van der Waals surface area contributed by atoms with E-state index < -0.39 is 0 Å². The van der Waals surface area contributed by atoms with Crippen molar-refractivity contribution in [2.75, 3.05) is 26.2 Å². The van der Waals surface area contributed by atoms with Crippen molar-refractivity contribution >= 4 is 29.6 Å². The summed E-state index contributed by atoms with van der Waals surface area (Å²) in [5, 5.41) is 3.31. The number of halogens is 1. The third-order valence-electron chi connectivity index (χ3n) is 1.92. The fourth-order valence-corrected chi connectivity index (χ4v) is 1.43. The zero-order valence-electron chi connectivity index (χ0n) is 7.67. The summed E-state index contributed by atoms with van der Waals surface area (Å²) in [7, 11) is 0. The van der Waals surface area contributed by atoms with Gasteiger partial charge in [0, 0.05) is 32.1 Å². The molecule has 0 aliphatic carbocycles. The van der Waals surface area contributed by atoms with Crippen molar-refractivity contribution in [3.8, 4) is 0 Å². The van der Waals surface area contributed by atoms with Gasteiger partial charge >= 0.3 is 0 Å². The molecule has 0 atom stereocenters. The molecule has 1 saturated heterocycles. The zero-order chi connectivity index (χ0) is 8.27. The van der Waals surface area contributed by atoms with Crippen LogP contribution in [0.15, 0.2) is 0 Å². The molecule has 0 bridgehead atoms. The molecule has 2 nitrogen and oxygen atoms in total. The van der Waals surface area contributed by atoms with Crippen molar-refractivity contribution in [2.24, 2.45) is 5.92 Å². The van der Waals surface area contributed by atoms with Crippen molar-refractivity contribution in [3.63, 3.8) is 0 Å². The summed E-state index contributed by atoms with van der Waals surface area (Å²) in [6, 6.07) is 0. The smallest absolute Gasteiger partial charge is 0.0805 e. The van der Waals surface area contributed by atoms with Crippen molar-refractivity contribution in [1.29, 1.82) is 0 Å². The lowest BCUT2D eigenvalue weighted by molar-refractivity contribution is 0.351. The van der Waals surface area contributed by atoms with Gasteiger partial charge in [0.25, 0.3) is 0 Å². The van der Waals surface area contributed by atoms with Gasteiger partial charge in [-0.15, -0.1) is 12.4 Å². The second-order valence-electron chi connectivity index (χ2n) is 3.23. The molecule has 1 aliphatic rings. The molecule has 1 heterocycles. The van der Waals surface area contributed by atoms with Crippen LogP contribution in [0.1, 0.15) is 13.8 Å². The largest absolute Gasteiger partial charge is 0.363 e. The lowest BCUT2D eigenvalue weighted by atomic mass is 10.2. The Morgan fingerprint density at radius 2 is 1.83 bits per heavy atom. The third kappa shape index (κ3) is 3.25. The lowest BCUT2D eigenvalue weighted by Gasteiger charge is -2.31. The van der Waals surface area contributed by atoms with E-state index in [9.17, 15) is 0 Å². The highest BCUT2D eigenvalue weighted by Gasteiger charge is 2.14. The molecule has 1 rings (SSSR count). The molecule has 1 fully saturated rings. The van der Waals surface area contributed by atoms with Crippen LogP contribution in [0.25, 0.3) is 0 Å². The van der Waals surface area contributed by atoms with Crippen LogP contribution in [0.3, 0.4) is 0 Å². The Hall–Kier alpha value is 0.140. The minimum atomic E-state index is 0. The number of hydrogen-bond donors (Lipinski definition) is 1. The van der Waals surface area contributed by atoms with Crippen molar-refractivity contribution in [2.45, 2.75) is 13.8 Å². The lowest BCUT2D eigenvalue weighted by Crippen LogP contribution is -2.47. The van der Waals surface area contributed by atoms with Gasteiger partial charge in [-0.1, -0.05) is 26.1 Å². The molecular formula is C8H17ClN2S. The maximum atomic E-state index is 5.30. The Morgan fingerprint density at radius 1 is 1.33 bits per heavy atom. The predicted octanol–water partition coefficient (Wildman–Crippen LogP) is 1.30. The van der Waals surface area contributed by atoms with E-state index in [4.69, 9.17) is 12.2 Å². The molecule has 0 radical (unpaired) electrons. The zero-order valence-corrected chi connectivity index (χ0v) is 9.30. The summed E-state index contributed by atoms with van der Waals surface area (Å²) < 4.78 is 0. The topological polar surface area (TPSA) is 15.3 Å². The first-order valence-electron chi connectivity index (χ1n) is 4.21. The summed E-state index contributed by atoms with van der Waals surface area (Å²) in [6.45, 7) is 8.63. The average Bonchev–Trinajstić information content (AvgIpc) is 2.05. The molecule has 0 aromatic heterocycles. The first kappa shape index (κ1) is 12.1. The second-order valence-corrected chi connectivity index (χ2v) is 3.65. The monoisotopic (exact) mass is 208 g/mol. The minimum Gasteiger partial charge on any atom is -0.363 e. The maximum Gasteiger partial charge on any atom is 0.0805 e. The van der Waals surface area contributed by atoms with Gasteiger partial charge < -0.3 is 10.2 Å². The number of hydrogen-bond acceptors (Lipinski definition) is 2. The molecule has 0 saturated carbocycles. The van der Waals surface area contributed by atoms with Crippen LogP contribution in [0.4, 0.5) is 0 Å². The summed E-state index contributed by atoms with van der Waals surface area (Å²) >= 11 is 5.30. The Labute approximate surface area is 86.1 Å². The van der Waals surface area contributed by atoms with E-state index in [2.05, 4.69) is 24.1 Å². The van der Waals surface area contributed by atoms with E-state index in [1.807, 2.05) is 0 Å². The number of thiocarbonyl (C=S) groups is 1. The first-order chi connectivity index (χ1) is 5.22. The van der Waals surface area contributed by atoms with Crippen LogP contribution < -0.4 is 5.32 Å². The molecule has 0 spiro atoms. The third-order valence-corrected chi connectivity index (χ3v) is 2.65. The van der Waals surface area contributed by atoms with Gasteiger partial charge in [0.05, 0.1) is 4.99 Å². The maximum absolute atomic E-state index is 5.30. The molecule has 0 aromatic rings. The van der Waals surface area contributed by atoms with Gasteiger partial charge in [-0.2, -0.15) is 0 Å². The van der Waals surface area contributed by atoms with Gasteiger partial charge in [-0.3, -0.25) is 0 Å². The molecular weight excluding hydrogens is 192 g/mol. The summed E-state index contributed by atoms with van der Waals surface area (Å²) in [6.07, 6.45) is 0. The molecule has 0 amide bonds. The molecule has 1 aliphatic heterocycles. The van der Waals surface area contributed by atoms with Crippen LogP contribution in [0.2, 0.25) is 0 Å².